The lowest BCUT2D eigenvalue weighted by Gasteiger charge is -2.11. The SMILES string of the molecule is CN(C)CCCNc1cc(F)ccc1F. The van der Waals surface area contributed by atoms with Gasteiger partial charge in [-0.05, 0) is 45.3 Å². The maximum Gasteiger partial charge on any atom is 0.146 e. The van der Waals surface area contributed by atoms with E-state index in [0.29, 0.717) is 6.54 Å². The lowest BCUT2D eigenvalue weighted by molar-refractivity contribution is 0.405. The number of halogens is 2. The molecule has 0 amide bonds. The molecule has 0 radical (unpaired) electrons. The predicted molar refractivity (Wildman–Crippen MR) is 58.0 cm³/mol. The van der Waals surface area contributed by atoms with Gasteiger partial charge in [-0.15, -0.1) is 0 Å². The van der Waals surface area contributed by atoms with E-state index in [4.69, 9.17) is 0 Å². The van der Waals surface area contributed by atoms with Gasteiger partial charge in [-0.25, -0.2) is 8.78 Å². The van der Waals surface area contributed by atoms with Gasteiger partial charge < -0.3 is 10.2 Å². The van der Waals surface area contributed by atoms with Crippen LogP contribution in [0, 0.1) is 11.6 Å². The van der Waals surface area contributed by atoms with Gasteiger partial charge in [0.15, 0.2) is 0 Å². The highest BCUT2D eigenvalue weighted by molar-refractivity contribution is 5.44. The molecule has 0 heterocycles. The standard InChI is InChI=1S/C11H16F2N2/c1-15(2)7-3-6-14-11-8-9(12)4-5-10(11)13/h4-5,8,14H,3,6-7H2,1-2H3. The van der Waals surface area contributed by atoms with E-state index in [-0.39, 0.29) is 5.69 Å². The van der Waals surface area contributed by atoms with Gasteiger partial charge in [-0.2, -0.15) is 0 Å². The normalized spacial score (nSPS) is 10.7. The van der Waals surface area contributed by atoms with Crippen molar-refractivity contribution in [3.8, 4) is 0 Å². The van der Waals surface area contributed by atoms with Gasteiger partial charge in [-0.1, -0.05) is 0 Å². The summed E-state index contributed by atoms with van der Waals surface area (Å²) in [6.07, 6.45) is 0.892. The number of nitrogens with one attached hydrogen (secondary N) is 1. The zero-order valence-corrected chi connectivity index (χ0v) is 9.06. The number of benzene rings is 1. The van der Waals surface area contributed by atoms with Gasteiger partial charge in [0.05, 0.1) is 5.69 Å². The molecule has 4 heteroatoms. The van der Waals surface area contributed by atoms with Gasteiger partial charge in [0.2, 0.25) is 0 Å². The molecule has 0 fully saturated rings. The third kappa shape index (κ3) is 4.25. The van der Waals surface area contributed by atoms with Crippen LogP contribution in [0.2, 0.25) is 0 Å². The van der Waals surface area contributed by atoms with E-state index >= 15 is 0 Å². The lowest BCUT2D eigenvalue weighted by Crippen LogP contribution is -2.16. The van der Waals surface area contributed by atoms with Crippen LogP contribution in [0.3, 0.4) is 0 Å². The van der Waals surface area contributed by atoms with E-state index in [1.54, 1.807) is 0 Å². The summed E-state index contributed by atoms with van der Waals surface area (Å²) in [7, 11) is 3.95. The largest absolute Gasteiger partial charge is 0.383 e. The molecule has 2 nitrogen and oxygen atoms in total. The summed E-state index contributed by atoms with van der Waals surface area (Å²) in [5.74, 6) is -0.840. The Morgan fingerprint density at radius 1 is 1.27 bits per heavy atom. The van der Waals surface area contributed by atoms with Gasteiger partial charge in [0.25, 0.3) is 0 Å². The first-order valence-corrected chi connectivity index (χ1v) is 4.93. The Morgan fingerprint density at radius 2 is 2.00 bits per heavy atom. The summed E-state index contributed by atoms with van der Waals surface area (Å²) in [6, 6.07) is 3.41. The fourth-order valence-corrected chi connectivity index (χ4v) is 1.25. The van der Waals surface area contributed by atoms with E-state index in [9.17, 15) is 8.78 Å². The van der Waals surface area contributed by atoms with Crippen LogP contribution in [0.15, 0.2) is 18.2 Å². The number of hydrogen-bond donors (Lipinski definition) is 1. The van der Waals surface area contributed by atoms with Crippen LogP contribution < -0.4 is 5.32 Å². The summed E-state index contributed by atoms with van der Waals surface area (Å²) in [5, 5.41) is 2.87. The topological polar surface area (TPSA) is 15.3 Å². The molecule has 0 bridgehead atoms. The quantitative estimate of drug-likeness (QED) is 0.757. The molecule has 1 rings (SSSR count). The number of hydrogen-bond acceptors (Lipinski definition) is 2. The third-order valence-electron chi connectivity index (χ3n) is 2.03. The molecule has 1 N–H and O–H groups in total. The minimum atomic E-state index is -0.425. The second kappa shape index (κ2) is 5.66. The smallest absolute Gasteiger partial charge is 0.146 e. The zero-order chi connectivity index (χ0) is 11.3. The molecule has 1 aromatic carbocycles. The minimum absolute atomic E-state index is 0.230. The van der Waals surface area contributed by atoms with Gasteiger partial charge in [0, 0.05) is 6.54 Å². The summed E-state index contributed by atoms with van der Waals surface area (Å²) in [6.45, 7) is 1.56. The average molecular weight is 214 g/mol. The number of anilines is 1. The molecule has 0 aliphatic carbocycles. The molecule has 15 heavy (non-hydrogen) atoms. The number of rotatable bonds is 5. The predicted octanol–water partition coefficient (Wildman–Crippen LogP) is 2.33. The monoisotopic (exact) mass is 214 g/mol. The van der Waals surface area contributed by atoms with Crippen molar-refractivity contribution < 1.29 is 8.78 Å². The van der Waals surface area contributed by atoms with Crippen molar-refractivity contribution in [1.82, 2.24) is 4.90 Å². The Balaban J connectivity index is 2.40. The first kappa shape index (κ1) is 11.9. The summed E-state index contributed by atoms with van der Waals surface area (Å²) in [5.41, 5.74) is 0.230. The number of nitrogens with zero attached hydrogens (tertiary/aromatic N) is 1. The van der Waals surface area contributed by atoms with Gasteiger partial charge in [0.1, 0.15) is 11.6 Å². The Hall–Kier alpha value is -1.16. The molecular formula is C11H16F2N2. The van der Waals surface area contributed by atoms with Crippen LogP contribution in [-0.4, -0.2) is 32.1 Å². The molecular weight excluding hydrogens is 198 g/mol. The molecule has 1 aromatic rings. The second-order valence-corrected chi connectivity index (χ2v) is 3.71. The molecule has 0 atom stereocenters. The summed E-state index contributed by atoms with van der Waals surface area (Å²) >= 11 is 0. The maximum atomic E-state index is 13.1. The molecule has 84 valence electrons. The Bertz CT molecular complexity index is 313. The first-order valence-electron chi connectivity index (χ1n) is 4.93. The van der Waals surface area contributed by atoms with E-state index < -0.39 is 11.6 Å². The van der Waals surface area contributed by atoms with Crippen molar-refractivity contribution in [2.75, 3.05) is 32.5 Å². The molecule has 0 aliphatic rings. The fraction of sp³-hybridized carbons (Fsp3) is 0.455. The highest BCUT2D eigenvalue weighted by Crippen LogP contribution is 2.14. The van der Waals surface area contributed by atoms with E-state index in [0.717, 1.165) is 25.1 Å². The van der Waals surface area contributed by atoms with E-state index in [2.05, 4.69) is 5.32 Å². The Labute approximate surface area is 88.9 Å². The Kier molecular flexibility index (Phi) is 4.49. The van der Waals surface area contributed by atoms with Crippen molar-refractivity contribution >= 4 is 5.69 Å². The highest BCUT2D eigenvalue weighted by Gasteiger charge is 2.02. The van der Waals surface area contributed by atoms with Crippen molar-refractivity contribution in [1.29, 1.82) is 0 Å². The second-order valence-electron chi connectivity index (χ2n) is 3.71. The average Bonchev–Trinajstić information content (AvgIpc) is 2.17. The fourth-order valence-electron chi connectivity index (χ4n) is 1.25. The van der Waals surface area contributed by atoms with Crippen LogP contribution in [0.5, 0.6) is 0 Å². The first-order chi connectivity index (χ1) is 7.09. The molecule has 0 saturated carbocycles. The van der Waals surface area contributed by atoms with Crippen LogP contribution in [0.1, 0.15) is 6.42 Å². The van der Waals surface area contributed by atoms with Crippen molar-refractivity contribution in [3.05, 3.63) is 29.8 Å². The maximum absolute atomic E-state index is 13.1. The molecule has 0 unspecified atom stereocenters. The molecule has 0 aliphatic heterocycles. The van der Waals surface area contributed by atoms with Crippen LogP contribution >= 0.6 is 0 Å². The van der Waals surface area contributed by atoms with Gasteiger partial charge in [-0.3, -0.25) is 0 Å². The van der Waals surface area contributed by atoms with Crippen LogP contribution in [-0.2, 0) is 0 Å². The van der Waals surface area contributed by atoms with E-state index in [1.165, 1.54) is 6.07 Å². The molecule has 0 aromatic heterocycles. The van der Waals surface area contributed by atoms with Crippen molar-refractivity contribution in [2.45, 2.75) is 6.42 Å². The third-order valence-corrected chi connectivity index (χ3v) is 2.03. The van der Waals surface area contributed by atoms with E-state index in [1.807, 2.05) is 19.0 Å². The van der Waals surface area contributed by atoms with Gasteiger partial charge >= 0.3 is 0 Å². The molecule has 0 saturated heterocycles. The highest BCUT2D eigenvalue weighted by atomic mass is 19.1. The summed E-state index contributed by atoms with van der Waals surface area (Å²) in [4.78, 5) is 2.05. The van der Waals surface area contributed by atoms with Crippen LogP contribution in [0.25, 0.3) is 0 Å². The Morgan fingerprint density at radius 3 is 2.67 bits per heavy atom. The summed E-state index contributed by atoms with van der Waals surface area (Å²) < 4.78 is 25.9. The molecule has 0 spiro atoms. The van der Waals surface area contributed by atoms with Crippen LogP contribution in [0.4, 0.5) is 14.5 Å². The minimum Gasteiger partial charge on any atom is -0.383 e. The lowest BCUT2D eigenvalue weighted by atomic mass is 10.3. The van der Waals surface area contributed by atoms with Crippen molar-refractivity contribution in [2.24, 2.45) is 0 Å². The van der Waals surface area contributed by atoms with Crippen molar-refractivity contribution in [3.63, 3.8) is 0 Å². The zero-order valence-electron chi connectivity index (χ0n) is 9.06.